The van der Waals surface area contributed by atoms with Gasteiger partial charge < -0.3 is 20.1 Å². The van der Waals surface area contributed by atoms with Crippen LogP contribution in [0.3, 0.4) is 0 Å². The van der Waals surface area contributed by atoms with Gasteiger partial charge in [-0.05, 0) is 37.5 Å². The van der Waals surface area contributed by atoms with Crippen molar-refractivity contribution in [3.63, 3.8) is 0 Å². The molecule has 0 fully saturated rings. The normalized spacial score (nSPS) is 14.0. The van der Waals surface area contributed by atoms with Crippen LogP contribution < -0.4 is 15.4 Å². The zero-order valence-electron chi connectivity index (χ0n) is 16.3. The molecule has 0 aliphatic carbocycles. The SMILES string of the molecule is COC(=O)CCCCCC1(c2ccc(Cl)cc2OC)Nc2cc(F)c(F)cc2N1. The van der Waals surface area contributed by atoms with Gasteiger partial charge >= 0.3 is 5.97 Å². The van der Waals surface area contributed by atoms with Gasteiger partial charge in [-0.1, -0.05) is 18.0 Å². The summed E-state index contributed by atoms with van der Waals surface area (Å²) in [5.41, 5.74) is 0.879. The molecular weight excluding hydrogens is 402 g/mol. The highest BCUT2D eigenvalue weighted by atomic mass is 35.5. The number of rotatable bonds is 8. The largest absolute Gasteiger partial charge is 0.496 e. The summed E-state index contributed by atoms with van der Waals surface area (Å²) in [6.45, 7) is 0. The van der Waals surface area contributed by atoms with E-state index >= 15 is 0 Å². The fourth-order valence-corrected chi connectivity index (χ4v) is 3.76. The number of methoxy groups -OCH3 is 2. The maximum atomic E-state index is 13.8. The third-order valence-electron chi connectivity index (χ3n) is 5.04. The molecule has 0 saturated heterocycles. The number of halogens is 3. The number of anilines is 2. The Labute approximate surface area is 173 Å². The number of ether oxygens (including phenoxy) is 2. The second kappa shape index (κ2) is 8.86. The van der Waals surface area contributed by atoms with Crippen molar-refractivity contribution in [2.45, 2.75) is 37.8 Å². The molecule has 3 rings (SSSR count). The fraction of sp³-hybridized carbons (Fsp3) is 0.381. The van der Waals surface area contributed by atoms with E-state index in [1.54, 1.807) is 19.2 Å². The first-order valence-corrected chi connectivity index (χ1v) is 9.72. The summed E-state index contributed by atoms with van der Waals surface area (Å²) >= 11 is 6.10. The molecule has 8 heteroatoms. The average molecular weight is 425 g/mol. The molecule has 0 bridgehead atoms. The van der Waals surface area contributed by atoms with E-state index in [2.05, 4.69) is 15.4 Å². The Hall–Kier alpha value is -2.54. The highest BCUT2D eigenvalue weighted by molar-refractivity contribution is 6.30. The van der Waals surface area contributed by atoms with Crippen LogP contribution in [0.5, 0.6) is 5.75 Å². The summed E-state index contributed by atoms with van der Waals surface area (Å²) in [6.07, 6.45) is 3.17. The van der Waals surface area contributed by atoms with Crippen LogP contribution in [0.15, 0.2) is 30.3 Å². The molecule has 1 heterocycles. The highest BCUT2D eigenvalue weighted by Crippen LogP contribution is 2.46. The third kappa shape index (κ3) is 4.56. The van der Waals surface area contributed by atoms with Gasteiger partial charge in [-0.15, -0.1) is 0 Å². The number of hydrogen-bond acceptors (Lipinski definition) is 5. The summed E-state index contributed by atoms with van der Waals surface area (Å²) in [5, 5.41) is 7.13. The number of carbonyl (C=O) groups excluding carboxylic acids is 1. The van der Waals surface area contributed by atoms with E-state index in [4.69, 9.17) is 16.3 Å². The van der Waals surface area contributed by atoms with Crippen LogP contribution in [-0.2, 0) is 15.2 Å². The zero-order valence-corrected chi connectivity index (χ0v) is 17.0. The summed E-state index contributed by atoms with van der Waals surface area (Å²) in [6, 6.07) is 7.54. The standard InChI is InChI=1S/C21H23ClF2N2O3/c1-28-19-10-13(22)7-8-14(19)21(9-5-3-4-6-20(27)29-2)25-17-11-15(23)16(24)12-18(17)26-21/h7-8,10-12,25-26H,3-6,9H2,1-2H3. The van der Waals surface area contributed by atoms with E-state index in [9.17, 15) is 13.6 Å². The Morgan fingerprint density at radius 3 is 2.28 bits per heavy atom. The molecule has 5 nitrogen and oxygen atoms in total. The fourth-order valence-electron chi connectivity index (χ4n) is 3.60. The van der Waals surface area contributed by atoms with Gasteiger partial charge in [0.05, 0.1) is 25.6 Å². The topological polar surface area (TPSA) is 59.6 Å². The van der Waals surface area contributed by atoms with Crippen LogP contribution in [0, 0.1) is 11.6 Å². The predicted octanol–water partition coefficient (Wildman–Crippen LogP) is 5.44. The Morgan fingerprint density at radius 1 is 1.03 bits per heavy atom. The van der Waals surface area contributed by atoms with Crippen LogP contribution in [-0.4, -0.2) is 20.2 Å². The first kappa shape index (κ1) is 21.2. The highest BCUT2D eigenvalue weighted by Gasteiger charge is 2.40. The van der Waals surface area contributed by atoms with Gasteiger partial charge in [-0.25, -0.2) is 8.78 Å². The molecule has 0 saturated carbocycles. The molecule has 156 valence electrons. The molecule has 1 aliphatic heterocycles. The van der Waals surface area contributed by atoms with E-state index < -0.39 is 17.3 Å². The second-order valence-electron chi connectivity index (χ2n) is 6.95. The van der Waals surface area contributed by atoms with Crippen molar-refractivity contribution < 1.29 is 23.0 Å². The summed E-state index contributed by atoms with van der Waals surface area (Å²) in [7, 11) is 2.91. The first-order valence-electron chi connectivity index (χ1n) is 9.35. The third-order valence-corrected chi connectivity index (χ3v) is 5.28. The van der Waals surface area contributed by atoms with Crippen molar-refractivity contribution in [1.82, 2.24) is 0 Å². The van der Waals surface area contributed by atoms with Crippen molar-refractivity contribution in [2.75, 3.05) is 24.9 Å². The monoisotopic (exact) mass is 424 g/mol. The molecule has 2 aromatic rings. The lowest BCUT2D eigenvalue weighted by Crippen LogP contribution is -2.39. The minimum atomic E-state index is -0.921. The lowest BCUT2D eigenvalue weighted by molar-refractivity contribution is -0.140. The first-order chi connectivity index (χ1) is 13.9. The Kier molecular flexibility index (Phi) is 6.47. The smallest absolute Gasteiger partial charge is 0.305 e. The minimum Gasteiger partial charge on any atom is -0.496 e. The van der Waals surface area contributed by atoms with Crippen LogP contribution in [0.25, 0.3) is 0 Å². The molecule has 0 atom stereocenters. The number of carbonyl (C=O) groups is 1. The molecular formula is C21H23ClF2N2O3. The molecule has 0 radical (unpaired) electrons. The molecule has 0 amide bonds. The van der Waals surface area contributed by atoms with Crippen molar-refractivity contribution in [3.8, 4) is 5.75 Å². The van der Waals surface area contributed by atoms with Gasteiger partial charge in [0.2, 0.25) is 0 Å². The number of unbranched alkanes of at least 4 members (excludes halogenated alkanes) is 2. The Balaban J connectivity index is 1.86. The second-order valence-corrected chi connectivity index (χ2v) is 7.39. The summed E-state index contributed by atoms with van der Waals surface area (Å²) in [4.78, 5) is 11.3. The van der Waals surface area contributed by atoms with E-state index in [1.807, 2.05) is 6.07 Å². The van der Waals surface area contributed by atoms with E-state index in [-0.39, 0.29) is 5.97 Å². The van der Waals surface area contributed by atoms with Gasteiger partial charge in [-0.2, -0.15) is 0 Å². The van der Waals surface area contributed by atoms with Crippen molar-refractivity contribution in [1.29, 1.82) is 0 Å². The van der Waals surface area contributed by atoms with E-state index in [1.165, 1.54) is 7.11 Å². The Morgan fingerprint density at radius 2 is 1.69 bits per heavy atom. The van der Waals surface area contributed by atoms with E-state index in [0.29, 0.717) is 41.4 Å². The molecule has 29 heavy (non-hydrogen) atoms. The van der Waals surface area contributed by atoms with Crippen LogP contribution in [0.1, 0.15) is 37.7 Å². The van der Waals surface area contributed by atoms with Crippen LogP contribution in [0.4, 0.5) is 20.2 Å². The number of benzene rings is 2. The van der Waals surface area contributed by atoms with Gasteiger partial charge in [-0.3, -0.25) is 4.79 Å². The molecule has 0 spiro atoms. The number of hydrogen-bond donors (Lipinski definition) is 2. The molecule has 0 unspecified atom stereocenters. The average Bonchev–Trinajstić information content (AvgIpc) is 3.05. The molecule has 2 aromatic carbocycles. The van der Waals surface area contributed by atoms with Gasteiger partial charge in [0.15, 0.2) is 11.6 Å². The number of esters is 1. The molecule has 0 aromatic heterocycles. The quantitative estimate of drug-likeness (QED) is 0.436. The maximum Gasteiger partial charge on any atom is 0.305 e. The van der Waals surface area contributed by atoms with Crippen LogP contribution in [0.2, 0.25) is 5.02 Å². The molecule has 2 N–H and O–H groups in total. The molecule has 1 aliphatic rings. The van der Waals surface area contributed by atoms with Crippen molar-refractivity contribution in [3.05, 3.63) is 52.6 Å². The minimum absolute atomic E-state index is 0.241. The van der Waals surface area contributed by atoms with Gasteiger partial charge in [0.1, 0.15) is 11.4 Å². The van der Waals surface area contributed by atoms with Crippen molar-refractivity contribution >= 4 is 28.9 Å². The zero-order chi connectivity index (χ0) is 21.0. The van der Waals surface area contributed by atoms with Crippen molar-refractivity contribution in [2.24, 2.45) is 0 Å². The lowest BCUT2D eigenvalue weighted by Gasteiger charge is -2.33. The van der Waals surface area contributed by atoms with Gasteiger partial charge in [0.25, 0.3) is 0 Å². The maximum absolute atomic E-state index is 13.8. The lowest BCUT2D eigenvalue weighted by atomic mass is 9.92. The Bertz CT molecular complexity index is 877. The van der Waals surface area contributed by atoms with Gasteiger partial charge in [0, 0.05) is 29.1 Å². The summed E-state index contributed by atoms with van der Waals surface area (Å²) in [5.74, 6) is -1.53. The number of nitrogens with one attached hydrogen (secondary N) is 2. The number of fused-ring (bicyclic) bond motifs is 1. The predicted molar refractivity (Wildman–Crippen MR) is 108 cm³/mol. The van der Waals surface area contributed by atoms with E-state index in [0.717, 1.165) is 30.5 Å². The summed E-state index contributed by atoms with van der Waals surface area (Å²) < 4.78 is 37.7. The van der Waals surface area contributed by atoms with Crippen LogP contribution >= 0.6 is 11.6 Å².